The minimum Gasteiger partial charge on any atom is -0.489 e. The molecule has 2 aliphatic heterocycles. The molecule has 0 amide bonds. The molecule has 0 radical (unpaired) electrons. The van der Waals surface area contributed by atoms with E-state index in [4.69, 9.17) is 26.8 Å². The van der Waals surface area contributed by atoms with Crippen molar-refractivity contribution < 1.29 is 9.47 Å². The first-order chi connectivity index (χ1) is 9.66. The fourth-order valence-electron chi connectivity index (χ4n) is 3.12. The van der Waals surface area contributed by atoms with E-state index in [2.05, 4.69) is 11.9 Å². The van der Waals surface area contributed by atoms with Crippen LogP contribution in [0.3, 0.4) is 0 Å². The maximum atomic E-state index is 6.37. The summed E-state index contributed by atoms with van der Waals surface area (Å²) in [5.41, 5.74) is 7.42. The van der Waals surface area contributed by atoms with Crippen molar-refractivity contribution in [2.75, 3.05) is 26.8 Å². The number of rotatable bonds is 1. The molecule has 5 heteroatoms. The van der Waals surface area contributed by atoms with Gasteiger partial charge in [-0.3, -0.25) is 4.90 Å². The van der Waals surface area contributed by atoms with Crippen molar-refractivity contribution in [2.24, 2.45) is 5.73 Å². The smallest absolute Gasteiger partial charge is 0.179 e. The first-order valence-electron chi connectivity index (χ1n) is 7.21. The van der Waals surface area contributed by atoms with Crippen molar-refractivity contribution in [1.82, 2.24) is 4.90 Å². The Labute approximate surface area is 124 Å². The van der Waals surface area contributed by atoms with Crippen LogP contribution in [0.1, 0.15) is 30.9 Å². The fraction of sp³-hybridized carbons (Fsp3) is 0.600. The molecule has 1 saturated heterocycles. The second-order valence-corrected chi connectivity index (χ2v) is 6.02. The number of ether oxygens (including phenoxy) is 2. The number of halogens is 1. The molecular weight excluding hydrogens is 276 g/mol. The Morgan fingerprint density at radius 1 is 1.25 bits per heavy atom. The summed E-state index contributed by atoms with van der Waals surface area (Å²) in [5.74, 6) is 1.41. The zero-order chi connectivity index (χ0) is 14.1. The van der Waals surface area contributed by atoms with Gasteiger partial charge >= 0.3 is 0 Å². The number of hydrogen-bond acceptors (Lipinski definition) is 4. The highest BCUT2D eigenvalue weighted by Gasteiger charge is 2.29. The van der Waals surface area contributed by atoms with Crippen LogP contribution >= 0.6 is 11.6 Å². The molecule has 0 aliphatic carbocycles. The van der Waals surface area contributed by atoms with Gasteiger partial charge in [-0.05, 0) is 44.1 Å². The second kappa shape index (κ2) is 5.80. The lowest BCUT2D eigenvalue weighted by molar-refractivity contribution is 0.162. The van der Waals surface area contributed by atoms with E-state index < -0.39 is 0 Å². The lowest BCUT2D eigenvalue weighted by Crippen LogP contribution is -2.43. The van der Waals surface area contributed by atoms with Gasteiger partial charge in [-0.1, -0.05) is 11.6 Å². The van der Waals surface area contributed by atoms with E-state index >= 15 is 0 Å². The van der Waals surface area contributed by atoms with Crippen LogP contribution in [0.2, 0.25) is 5.02 Å². The molecule has 1 fully saturated rings. The standard InChI is InChI=1S/C15H21ClN2O2/c1-18-5-2-4-12(17)14(18)10-8-11(16)15-13(9-10)19-6-3-7-20-15/h8-9,12,14H,2-7,17H2,1H3. The second-order valence-electron chi connectivity index (χ2n) is 5.61. The first kappa shape index (κ1) is 14.0. The summed E-state index contributed by atoms with van der Waals surface area (Å²) in [4.78, 5) is 2.30. The maximum absolute atomic E-state index is 6.37. The third-order valence-corrected chi connectivity index (χ3v) is 4.38. The van der Waals surface area contributed by atoms with Crippen LogP contribution in [0.25, 0.3) is 0 Å². The molecule has 0 spiro atoms. The fourth-order valence-corrected chi connectivity index (χ4v) is 3.40. The molecule has 2 aliphatic rings. The summed E-state index contributed by atoms with van der Waals surface area (Å²) in [6.07, 6.45) is 3.07. The highest BCUT2D eigenvalue weighted by atomic mass is 35.5. The first-order valence-corrected chi connectivity index (χ1v) is 7.59. The molecule has 4 nitrogen and oxygen atoms in total. The Balaban J connectivity index is 1.97. The van der Waals surface area contributed by atoms with Crippen LogP contribution in [-0.2, 0) is 0 Å². The van der Waals surface area contributed by atoms with Gasteiger partial charge in [0.15, 0.2) is 11.5 Å². The van der Waals surface area contributed by atoms with Gasteiger partial charge in [0.1, 0.15) is 0 Å². The molecule has 2 N–H and O–H groups in total. The van der Waals surface area contributed by atoms with Crippen molar-refractivity contribution in [2.45, 2.75) is 31.3 Å². The summed E-state index contributed by atoms with van der Waals surface area (Å²) in [6.45, 7) is 2.37. The third kappa shape index (κ3) is 2.60. The van der Waals surface area contributed by atoms with Gasteiger partial charge in [0, 0.05) is 18.5 Å². The SMILES string of the molecule is CN1CCCC(N)C1c1cc(Cl)c2c(c1)OCCCO2. The van der Waals surface area contributed by atoms with Gasteiger partial charge in [0.05, 0.1) is 18.2 Å². The van der Waals surface area contributed by atoms with Crippen LogP contribution in [0.5, 0.6) is 11.5 Å². The quantitative estimate of drug-likeness (QED) is 0.865. The number of likely N-dealkylation sites (tertiary alicyclic amines) is 1. The molecule has 0 bridgehead atoms. The minimum absolute atomic E-state index is 0.134. The summed E-state index contributed by atoms with van der Waals surface area (Å²) in [6, 6.07) is 4.34. The van der Waals surface area contributed by atoms with Crippen molar-refractivity contribution in [3.05, 3.63) is 22.7 Å². The van der Waals surface area contributed by atoms with Gasteiger partial charge in [-0.25, -0.2) is 0 Å². The number of hydrogen-bond donors (Lipinski definition) is 1. The molecule has 20 heavy (non-hydrogen) atoms. The van der Waals surface area contributed by atoms with Crippen LogP contribution in [0, 0.1) is 0 Å². The van der Waals surface area contributed by atoms with Crippen LogP contribution < -0.4 is 15.2 Å². The zero-order valence-electron chi connectivity index (χ0n) is 11.8. The molecular formula is C15H21ClN2O2. The Hall–Kier alpha value is -0.970. The van der Waals surface area contributed by atoms with Gasteiger partial charge in [0.2, 0.25) is 0 Å². The highest BCUT2D eigenvalue weighted by Crippen LogP contribution is 2.41. The molecule has 0 aromatic heterocycles. The Kier molecular flexibility index (Phi) is 4.06. The summed E-state index contributed by atoms with van der Waals surface area (Å²) >= 11 is 6.37. The summed E-state index contributed by atoms with van der Waals surface area (Å²) < 4.78 is 11.4. The Morgan fingerprint density at radius 3 is 2.85 bits per heavy atom. The normalized spacial score (nSPS) is 27.1. The van der Waals surface area contributed by atoms with Gasteiger partial charge in [0.25, 0.3) is 0 Å². The molecule has 0 saturated carbocycles. The molecule has 2 unspecified atom stereocenters. The molecule has 1 aromatic rings. The Morgan fingerprint density at radius 2 is 2.05 bits per heavy atom. The number of likely N-dealkylation sites (N-methyl/N-ethyl adjacent to an activating group) is 1. The van der Waals surface area contributed by atoms with E-state index in [-0.39, 0.29) is 12.1 Å². The van der Waals surface area contributed by atoms with Crippen molar-refractivity contribution in [3.63, 3.8) is 0 Å². The zero-order valence-corrected chi connectivity index (χ0v) is 12.5. The summed E-state index contributed by atoms with van der Waals surface area (Å²) in [5, 5.41) is 0.616. The number of benzene rings is 1. The molecule has 110 valence electrons. The average molecular weight is 297 g/mol. The van der Waals surface area contributed by atoms with Gasteiger partial charge in [-0.15, -0.1) is 0 Å². The van der Waals surface area contributed by atoms with Crippen LogP contribution in [0.4, 0.5) is 0 Å². The average Bonchev–Trinajstić information content (AvgIpc) is 2.64. The van der Waals surface area contributed by atoms with Gasteiger partial charge < -0.3 is 15.2 Å². The van der Waals surface area contributed by atoms with Crippen molar-refractivity contribution in [3.8, 4) is 11.5 Å². The predicted octanol–water partition coefficient (Wildman–Crippen LogP) is 2.60. The lowest BCUT2D eigenvalue weighted by Gasteiger charge is -2.37. The molecule has 2 heterocycles. The molecule has 1 aromatic carbocycles. The monoisotopic (exact) mass is 296 g/mol. The van der Waals surface area contributed by atoms with Crippen molar-refractivity contribution >= 4 is 11.6 Å². The lowest BCUT2D eigenvalue weighted by atomic mass is 9.91. The molecule has 2 atom stereocenters. The van der Waals surface area contributed by atoms with E-state index in [1.165, 1.54) is 0 Å². The third-order valence-electron chi connectivity index (χ3n) is 4.09. The number of piperidine rings is 1. The van der Waals surface area contributed by atoms with E-state index in [1.54, 1.807) is 0 Å². The number of fused-ring (bicyclic) bond motifs is 1. The highest BCUT2D eigenvalue weighted by molar-refractivity contribution is 6.32. The van der Waals surface area contributed by atoms with Crippen molar-refractivity contribution in [1.29, 1.82) is 0 Å². The summed E-state index contributed by atoms with van der Waals surface area (Å²) in [7, 11) is 2.11. The van der Waals surface area contributed by atoms with Gasteiger partial charge in [-0.2, -0.15) is 0 Å². The van der Waals surface area contributed by atoms with E-state index in [0.717, 1.165) is 37.1 Å². The largest absolute Gasteiger partial charge is 0.489 e. The van der Waals surface area contributed by atoms with E-state index in [9.17, 15) is 0 Å². The van der Waals surface area contributed by atoms with Crippen LogP contribution in [-0.4, -0.2) is 37.7 Å². The molecule has 3 rings (SSSR count). The number of nitrogens with two attached hydrogens (primary N) is 1. The van der Waals surface area contributed by atoms with E-state index in [1.807, 2.05) is 12.1 Å². The van der Waals surface area contributed by atoms with Crippen LogP contribution in [0.15, 0.2) is 12.1 Å². The maximum Gasteiger partial charge on any atom is 0.179 e. The predicted molar refractivity (Wildman–Crippen MR) is 79.6 cm³/mol. The Bertz CT molecular complexity index is 485. The number of nitrogens with zero attached hydrogens (tertiary/aromatic N) is 1. The topological polar surface area (TPSA) is 47.7 Å². The minimum atomic E-state index is 0.134. The van der Waals surface area contributed by atoms with E-state index in [0.29, 0.717) is 24.0 Å².